The summed E-state index contributed by atoms with van der Waals surface area (Å²) < 4.78 is 18.9. The number of ether oxygens (including phenoxy) is 1. The van der Waals surface area contributed by atoms with E-state index in [2.05, 4.69) is 24.3 Å². The number of fused-ring (bicyclic) bond motifs is 3. The predicted molar refractivity (Wildman–Crippen MR) is 112 cm³/mol. The zero-order valence-electron chi connectivity index (χ0n) is 16.4. The van der Waals surface area contributed by atoms with Crippen molar-refractivity contribution in [3.05, 3.63) is 95.3 Å². The smallest absolute Gasteiger partial charge is 0.409 e. The Morgan fingerprint density at radius 3 is 2.23 bits per heavy atom. The van der Waals surface area contributed by atoms with Crippen LogP contribution in [0.5, 0.6) is 0 Å². The van der Waals surface area contributed by atoms with E-state index >= 15 is 0 Å². The van der Waals surface area contributed by atoms with Crippen molar-refractivity contribution in [2.75, 3.05) is 19.7 Å². The molecule has 1 saturated heterocycles. The molecule has 1 fully saturated rings. The first-order valence-corrected chi connectivity index (χ1v) is 10.1. The van der Waals surface area contributed by atoms with E-state index in [1.807, 2.05) is 24.3 Å². The lowest BCUT2D eigenvalue weighted by Gasteiger charge is -2.24. The highest BCUT2D eigenvalue weighted by molar-refractivity contribution is 5.79. The number of β-amino-alcohol motifs (C(OH)–C–C–N with tert-alkyl or cyclic N) is 1. The van der Waals surface area contributed by atoms with Gasteiger partial charge in [0.1, 0.15) is 18.0 Å². The molecule has 3 aromatic rings. The Labute approximate surface area is 174 Å². The number of hydrogen-bond donors (Lipinski definition) is 1. The molecule has 1 unspecified atom stereocenters. The summed E-state index contributed by atoms with van der Waals surface area (Å²) in [6.45, 7) is 0.776. The van der Waals surface area contributed by atoms with Crippen LogP contribution in [0.2, 0.25) is 0 Å². The monoisotopic (exact) mass is 403 g/mol. The minimum absolute atomic E-state index is 0.0000599. The molecular formula is C25H22FNO3. The van der Waals surface area contributed by atoms with Gasteiger partial charge >= 0.3 is 6.09 Å². The highest BCUT2D eigenvalue weighted by Crippen LogP contribution is 2.44. The van der Waals surface area contributed by atoms with E-state index in [-0.39, 0.29) is 24.9 Å². The van der Waals surface area contributed by atoms with E-state index in [1.54, 1.807) is 12.1 Å². The molecule has 0 radical (unpaired) electrons. The van der Waals surface area contributed by atoms with Crippen molar-refractivity contribution < 1.29 is 19.0 Å². The van der Waals surface area contributed by atoms with Gasteiger partial charge in [-0.05, 0) is 46.4 Å². The van der Waals surface area contributed by atoms with Gasteiger partial charge in [-0.1, -0.05) is 60.7 Å². The number of hydrogen-bond acceptors (Lipinski definition) is 3. The van der Waals surface area contributed by atoms with Gasteiger partial charge in [0.05, 0.1) is 6.54 Å². The fraction of sp³-hybridized carbons (Fsp3) is 0.240. The number of rotatable bonds is 3. The minimum atomic E-state index is -1.18. The van der Waals surface area contributed by atoms with Gasteiger partial charge in [0.2, 0.25) is 0 Å². The topological polar surface area (TPSA) is 49.8 Å². The average Bonchev–Trinajstić information content (AvgIpc) is 3.32. The van der Waals surface area contributed by atoms with Crippen LogP contribution in [0.15, 0.2) is 72.8 Å². The lowest BCUT2D eigenvalue weighted by molar-refractivity contribution is 0.0413. The summed E-state index contributed by atoms with van der Waals surface area (Å²) in [5, 5.41) is 10.9. The van der Waals surface area contributed by atoms with Gasteiger partial charge in [-0.15, -0.1) is 0 Å². The summed E-state index contributed by atoms with van der Waals surface area (Å²) in [5.74, 6) is -0.353. The Kier molecular flexibility index (Phi) is 4.55. The quantitative estimate of drug-likeness (QED) is 0.692. The van der Waals surface area contributed by atoms with Crippen molar-refractivity contribution in [2.24, 2.45) is 0 Å². The van der Waals surface area contributed by atoms with E-state index in [9.17, 15) is 14.3 Å². The highest BCUT2D eigenvalue weighted by Gasteiger charge is 2.40. The fourth-order valence-electron chi connectivity index (χ4n) is 4.63. The molecular weight excluding hydrogens is 381 g/mol. The zero-order chi connectivity index (χ0) is 20.7. The number of halogens is 1. The van der Waals surface area contributed by atoms with Crippen LogP contribution in [0.4, 0.5) is 9.18 Å². The van der Waals surface area contributed by atoms with Crippen molar-refractivity contribution in [3.63, 3.8) is 0 Å². The summed E-state index contributed by atoms with van der Waals surface area (Å²) in [6.07, 6.45) is -0.0436. The minimum Gasteiger partial charge on any atom is -0.448 e. The SMILES string of the molecule is O=C(OCC1c2ccccc2-c2ccccc21)N1CCC(O)(c2ccc(F)cc2)C1. The molecule has 0 aromatic heterocycles. The normalized spacial score (nSPS) is 20.1. The number of amides is 1. The maximum Gasteiger partial charge on any atom is 0.409 e. The lowest BCUT2D eigenvalue weighted by Crippen LogP contribution is -2.35. The number of benzene rings is 3. The van der Waals surface area contributed by atoms with Crippen molar-refractivity contribution in [1.29, 1.82) is 0 Å². The molecule has 0 saturated carbocycles. The molecule has 1 atom stereocenters. The maximum absolute atomic E-state index is 13.2. The standard InChI is InChI=1S/C25H22FNO3/c26-18-11-9-17(10-12-18)25(29)13-14-27(16-25)24(28)30-15-23-21-7-3-1-5-19(21)20-6-2-4-8-22(20)23/h1-12,23,29H,13-16H2. The third kappa shape index (κ3) is 3.15. The third-order valence-electron chi connectivity index (χ3n) is 6.22. The van der Waals surface area contributed by atoms with E-state index in [0.717, 1.165) is 11.1 Å². The Morgan fingerprint density at radius 1 is 1.00 bits per heavy atom. The Bertz CT molecular complexity index is 1050. The van der Waals surface area contributed by atoms with Gasteiger partial charge < -0.3 is 14.7 Å². The van der Waals surface area contributed by atoms with Crippen molar-refractivity contribution in [3.8, 4) is 11.1 Å². The van der Waals surface area contributed by atoms with Crippen molar-refractivity contribution in [2.45, 2.75) is 17.9 Å². The van der Waals surface area contributed by atoms with E-state index < -0.39 is 11.7 Å². The van der Waals surface area contributed by atoms with Crippen LogP contribution in [0.25, 0.3) is 11.1 Å². The van der Waals surface area contributed by atoms with Crippen LogP contribution in [-0.4, -0.2) is 35.8 Å². The number of likely N-dealkylation sites (tertiary alicyclic amines) is 1. The lowest BCUT2D eigenvalue weighted by atomic mass is 9.93. The molecule has 2 aliphatic rings. The molecule has 5 heteroatoms. The Balaban J connectivity index is 1.29. The zero-order valence-corrected chi connectivity index (χ0v) is 16.4. The van der Waals surface area contributed by atoms with Crippen LogP contribution >= 0.6 is 0 Å². The summed E-state index contributed by atoms with van der Waals surface area (Å²) >= 11 is 0. The van der Waals surface area contributed by atoms with Crippen LogP contribution in [0, 0.1) is 5.82 Å². The molecule has 0 bridgehead atoms. The Hall–Kier alpha value is -3.18. The molecule has 1 heterocycles. The molecule has 4 nitrogen and oxygen atoms in total. The second-order valence-corrected chi connectivity index (χ2v) is 8.01. The summed E-state index contributed by atoms with van der Waals surface area (Å²) in [4.78, 5) is 14.3. The first-order valence-electron chi connectivity index (χ1n) is 10.1. The molecule has 152 valence electrons. The van der Waals surface area contributed by atoms with Crippen LogP contribution in [0.1, 0.15) is 29.0 Å². The molecule has 1 N–H and O–H groups in total. The van der Waals surface area contributed by atoms with Gasteiger partial charge in [0.25, 0.3) is 0 Å². The molecule has 3 aromatic carbocycles. The molecule has 1 amide bonds. The molecule has 30 heavy (non-hydrogen) atoms. The van der Waals surface area contributed by atoms with Crippen LogP contribution in [0.3, 0.4) is 0 Å². The third-order valence-corrected chi connectivity index (χ3v) is 6.22. The molecule has 5 rings (SSSR count). The molecule has 1 aliphatic carbocycles. The average molecular weight is 403 g/mol. The summed E-state index contributed by atoms with van der Waals surface area (Å²) in [7, 11) is 0. The first-order chi connectivity index (χ1) is 14.5. The Morgan fingerprint density at radius 2 is 1.60 bits per heavy atom. The number of aliphatic hydroxyl groups is 1. The number of carbonyl (C=O) groups is 1. The summed E-state index contributed by atoms with van der Waals surface area (Å²) in [5.41, 5.74) is 4.12. The predicted octanol–water partition coefficient (Wildman–Crippen LogP) is 4.67. The maximum atomic E-state index is 13.2. The second kappa shape index (κ2) is 7.26. The van der Waals surface area contributed by atoms with Gasteiger partial charge in [-0.2, -0.15) is 0 Å². The number of nitrogens with zero attached hydrogens (tertiary/aromatic N) is 1. The summed E-state index contributed by atoms with van der Waals surface area (Å²) in [6, 6.07) is 22.2. The number of carbonyl (C=O) groups excluding carboxylic acids is 1. The van der Waals surface area contributed by atoms with Crippen molar-refractivity contribution in [1.82, 2.24) is 4.90 Å². The first kappa shape index (κ1) is 18.8. The van der Waals surface area contributed by atoms with Crippen LogP contribution in [-0.2, 0) is 10.3 Å². The second-order valence-electron chi connectivity index (χ2n) is 8.01. The van der Waals surface area contributed by atoms with Gasteiger partial charge in [-0.25, -0.2) is 9.18 Å². The van der Waals surface area contributed by atoms with E-state index in [4.69, 9.17) is 4.74 Å². The fourth-order valence-corrected chi connectivity index (χ4v) is 4.63. The van der Waals surface area contributed by atoms with Gasteiger partial charge in [-0.3, -0.25) is 0 Å². The molecule has 1 aliphatic heterocycles. The van der Waals surface area contributed by atoms with Crippen LogP contribution < -0.4 is 0 Å². The largest absolute Gasteiger partial charge is 0.448 e. The van der Waals surface area contributed by atoms with Gasteiger partial charge in [0.15, 0.2) is 0 Å². The highest BCUT2D eigenvalue weighted by atomic mass is 19.1. The van der Waals surface area contributed by atoms with Crippen molar-refractivity contribution >= 4 is 6.09 Å². The van der Waals surface area contributed by atoms with E-state index in [0.29, 0.717) is 18.5 Å². The molecule has 0 spiro atoms. The van der Waals surface area contributed by atoms with Gasteiger partial charge in [0, 0.05) is 12.5 Å². The van der Waals surface area contributed by atoms with E-state index in [1.165, 1.54) is 28.2 Å².